The van der Waals surface area contributed by atoms with Gasteiger partial charge in [-0.15, -0.1) is 0 Å². The van der Waals surface area contributed by atoms with Gasteiger partial charge in [0.1, 0.15) is 0 Å². The van der Waals surface area contributed by atoms with Gasteiger partial charge in [0.05, 0.1) is 19.9 Å². The molecule has 0 aliphatic rings. The maximum Gasteiger partial charge on any atom is 0.164 e. The summed E-state index contributed by atoms with van der Waals surface area (Å²) >= 11 is 0. The van der Waals surface area contributed by atoms with Crippen LogP contribution < -0.4 is 15.2 Å². The third-order valence-corrected chi connectivity index (χ3v) is 2.43. The SMILES string of the molecule is CCOc1cccc(CC(C)N)c1OCCCF. The quantitative estimate of drug-likeness (QED) is 0.726. The van der Waals surface area contributed by atoms with Crippen molar-refractivity contribution in [2.45, 2.75) is 32.7 Å². The van der Waals surface area contributed by atoms with Crippen molar-refractivity contribution < 1.29 is 13.9 Å². The van der Waals surface area contributed by atoms with Gasteiger partial charge in [0.2, 0.25) is 0 Å². The third kappa shape index (κ3) is 4.53. The van der Waals surface area contributed by atoms with E-state index < -0.39 is 0 Å². The van der Waals surface area contributed by atoms with Crippen molar-refractivity contribution in [2.75, 3.05) is 19.9 Å². The lowest BCUT2D eigenvalue weighted by Gasteiger charge is -2.16. The van der Waals surface area contributed by atoms with Gasteiger partial charge in [0.25, 0.3) is 0 Å². The first kappa shape index (κ1) is 14.8. The molecular weight excluding hydrogens is 233 g/mol. The number of halogens is 1. The van der Waals surface area contributed by atoms with Crippen molar-refractivity contribution in [3.63, 3.8) is 0 Å². The lowest BCUT2D eigenvalue weighted by atomic mass is 10.1. The summed E-state index contributed by atoms with van der Waals surface area (Å²) in [6.07, 6.45) is 1.10. The second kappa shape index (κ2) is 7.93. The van der Waals surface area contributed by atoms with Crippen LogP contribution in [0.1, 0.15) is 25.8 Å². The van der Waals surface area contributed by atoms with Crippen LogP contribution in [0.5, 0.6) is 11.5 Å². The molecule has 0 radical (unpaired) electrons. The number of alkyl halides is 1. The Bertz CT molecular complexity index is 356. The van der Waals surface area contributed by atoms with E-state index in [-0.39, 0.29) is 12.7 Å². The predicted molar refractivity (Wildman–Crippen MR) is 71.1 cm³/mol. The Morgan fingerprint density at radius 3 is 2.72 bits per heavy atom. The fraction of sp³-hybridized carbons (Fsp3) is 0.571. The van der Waals surface area contributed by atoms with E-state index in [2.05, 4.69) is 0 Å². The van der Waals surface area contributed by atoms with Crippen molar-refractivity contribution in [2.24, 2.45) is 5.73 Å². The molecule has 0 saturated heterocycles. The summed E-state index contributed by atoms with van der Waals surface area (Å²) < 4.78 is 23.3. The molecule has 0 bridgehead atoms. The summed E-state index contributed by atoms with van der Waals surface area (Å²) in [5.74, 6) is 1.40. The highest BCUT2D eigenvalue weighted by Crippen LogP contribution is 2.32. The molecule has 0 aromatic heterocycles. The maximum absolute atomic E-state index is 12.1. The summed E-state index contributed by atoms with van der Waals surface area (Å²) in [7, 11) is 0. The standard InChI is InChI=1S/C14H22FNO2/c1-3-17-13-7-4-6-12(10-11(2)16)14(13)18-9-5-8-15/h4,6-7,11H,3,5,8-10,16H2,1-2H3. The zero-order chi connectivity index (χ0) is 13.4. The largest absolute Gasteiger partial charge is 0.490 e. The van der Waals surface area contributed by atoms with Gasteiger partial charge in [0.15, 0.2) is 11.5 Å². The highest BCUT2D eigenvalue weighted by atomic mass is 19.1. The van der Waals surface area contributed by atoms with Crippen LogP contribution in [0.15, 0.2) is 18.2 Å². The molecular formula is C14H22FNO2. The van der Waals surface area contributed by atoms with Gasteiger partial charge >= 0.3 is 0 Å². The second-order valence-corrected chi connectivity index (χ2v) is 4.25. The third-order valence-electron chi connectivity index (χ3n) is 2.43. The molecule has 1 aromatic carbocycles. The van der Waals surface area contributed by atoms with Crippen LogP contribution in [0, 0.1) is 0 Å². The first-order chi connectivity index (χ1) is 8.69. The number of ether oxygens (including phenoxy) is 2. The van der Waals surface area contributed by atoms with E-state index in [1.807, 2.05) is 32.0 Å². The molecule has 0 fully saturated rings. The zero-order valence-electron chi connectivity index (χ0n) is 11.1. The van der Waals surface area contributed by atoms with Crippen molar-refractivity contribution in [3.05, 3.63) is 23.8 Å². The van der Waals surface area contributed by atoms with Crippen LogP contribution in [0.25, 0.3) is 0 Å². The topological polar surface area (TPSA) is 44.5 Å². The average molecular weight is 255 g/mol. The Labute approximate surface area is 108 Å². The van der Waals surface area contributed by atoms with Crippen LogP contribution in [0.2, 0.25) is 0 Å². The Morgan fingerprint density at radius 1 is 1.33 bits per heavy atom. The molecule has 3 nitrogen and oxygen atoms in total. The molecule has 0 aliphatic heterocycles. The van der Waals surface area contributed by atoms with Gasteiger partial charge in [0, 0.05) is 12.5 Å². The minimum Gasteiger partial charge on any atom is -0.490 e. The minimum atomic E-state index is -0.376. The van der Waals surface area contributed by atoms with Crippen molar-refractivity contribution in [3.8, 4) is 11.5 Å². The smallest absolute Gasteiger partial charge is 0.164 e. The molecule has 1 unspecified atom stereocenters. The summed E-state index contributed by atoms with van der Waals surface area (Å²) in [5.41, 5.74) is 6.82. The first-order valence-corrected chi connectivity index (χ1v) is 6.38. The van der Waals surface area contributed by atoms with Gasteiger partial charge in [-0.25, -0.2) is 0 Å². The lowest BCUT2D eigenvalue weighted by Crippen LogP contribution is -2.18. The van der Waals surface area contributed by atoms with Gasteiger partial charge in [-0.1, -0.05) is 12.1 Å². The monoisotopic (exact) mass is 255 g/mol. The van der Waals surface area contributed by atoms with Crippen LogP contribution in [-0.2, 0) is 6.42 Å². The molecule has 1 atom stereocenters. The van der Waals surface area contributed by atoms with Gasteiger partial charge < -0.3 is 15.2 Å². The van der Waals surface area contributed by atoms with Crippen molar-refractivity contribution in [1.82, 2.24) is 0 Å². The van der Waals surface area contributed by atoms with E-state index in [0.717, 1.165) is 5.56 Å². The van der Waals surface area contributed by atoms with Crippen LogP contribution in [-0.4, -0.2) is 25.9 Å². The van der Waals surface area contributed by atoms with Gasteiger partial charge in [-0.05, 0) is 31.9 Å². The number of hydrogen-bond acceptors (Lipinski definition) is 3. The number of rotatable bonds is 8. The maximum atomic E-state index is 12.1. The van der Waals surface area contributed by atoms with E-state index >= 15 is 0 Å². The van der Waals surface area contributed by atoms with Gasteiger partial charge in [-0.2, -0.15) is 0 Å². The predicted octanol–water partition coefficient (Wildman–Crippen LogP) is 2.71. The molecule has 18 heavy (non-hydrogen) atoms. The highest BCUT2D eigenvalue weighted by Gasteiger charge is 2.12. The number of benzene rings is 1. The number of nitrogens with two attached hydrogens (primary N) is 1. The highest BCUT2D eigenvalue weighted by molar-refractivity contribution is 5.47. The molecule has 0 amide bonds. The minimum absolute atomic E-state index is 0.0467. The Morgan fingerprint density at radius 2 is 2.11 bits per heavy atom. The van der Waals surface area contributed by atoms with E-state index in [9.17, 15) is 4.39 Å². The Balaban J connectivity index is 2.88. The molecule has 0 saturated carbocycles. The molecule has 4 heteroatoms. The molecule has 2 N–H and O–H groups in total. The molecule has 1 aromatic rings. The van der Waals surface area contributed by atoms with Crippen molar-refractivity contribution in [1.29, 1.82) is 0 Å². The molecule has 0 aliphatic carbocycles. The first-order valence-electron chi connectivity index (χ1n) is 6.38. The molecule has 1 rings (SSSR count). The molecule has 0 spiro atoms. The van der Waals surface area contributed by atoms with E-state index in [4.69, 9.17) is 15.2 Å². The summed E-state index contributed by atoms with van der Waals surface area (Å²) in [5, 5.41) is 0. The van der Waals surface area contributed by atoms with E-state index in [1.165, 1.54) is 0 Å². The summed E-state index contributed by atoms with van der Waals surface area (Å²) in [4.78, 5) is 0. The molecule has 0 heterocycles. The Hall–Kier alpha value is -1.29. The van der Waals surface area contributed by atoms with Crippen LogP contribution in [0.3, 0.4) is 0 Å². The summed E-state index contributed by atoms with van der Waals surface area (Å²) in [6, 6.07) is 5.80. The fourth-order valence-corrected chi connectivity index (χ4v) is 1.73. The number of para-hydroxylation sites is 1. The van der Waals surface area contributed by atoms with Gasteiger partial charge in [-0.3, -0.25) is 4.39 Å². The lowest BCUT2D eigenvalue weighted by molar-refractivity contribution is 0.260. The van der Waals surface area contributed by atoms with E-state index in [0.29, 0.717) is 37.6 Å². The van der Waals surface area contributed by atoms with Crippen LogP contribution >= 0.6 is 0 Å². The fourth-order valence-electron chi connectivity index (χ4n) is 1.73. The van der Waals surface area contributed by atoms with Crippen molar-refractivity contribution >= 4 is 0 Å². The normalized spacial score (nSPS) is 12.2. The van der Waals surface area contributed by atoms with E-state index in [1.54, 1.807) is 0 Å². The second-order valence-electron chi connectivity index (χ2n) is 4.25. The number of hydrogen-bond donors (Lipinski definition) is 1. The Kier molecular flexibility index (Phi) is 6.50. The van der Waals surface area contributed by atoms with Crippen LogP contribution in [0.4, 0.5) is 4.39 Å². The average Bonchev–Trinajstić information content (AvgIpc) is 2.32. The molecule has 102 valence electrons. The summed E-state index contributed by atoms with van der Waals surface area (Å²) in [6.45, 7) is 4.41. The zero-order valence-corrected chi connectivity index (χ0v) is 11.1.